The van der Waals surface area contributed by atoms with E-state index in [0.717, 1.165) is 16.6 Å². The highest BCUT2D eigenvalue weighted by Gasteiger charge is 2.14. The number of halogens is 1. The summed E-state index contributed by atoms with van der Waals surface area (Å²) in [7, 11) is 0. The van der Waals surface area contributed by atoms with Gasteiger partial charge in [-0.1, -0.05) is 60.1 Å². The largest absolute Gasteiger partial charge is 0.356 e. The van der Waals surface area contributed by atoms with Gasteiger partial charge in [-0.05, 0) is 54.4 Å². The first-order chi connectivity index (χ1) is 10.5. The van der Waals surface area contributed by atoms with Crippen LogP contribution < -0.4 is 10.6 Å². The van der Waals surface area contributed by atoms with Crippen LogP contribution in [0, 0.1) is 5.92 Å². The average Bonchev–Trinajstić information content (AvgIpc) is 2.49. The lowest BCUT2D eigenvalue weighted by Crippen LogP contribution is -2.33. The Morgan fingerprint density at radius 2 is 1.68 bits per heavy atom. The van der Waals surface area contributed by atoms with Crippen LogP contribution in [0.5, 0.6) is 0 Å². The fourth-order valence-corrected chi connectivity index (χ4v) is 2.82. The van der Waals surface area contributed by atoms with Gasteiger partial charge in [0.15, 0.2) is 5.11 Å². The minimum absolute atomic E-state index is 0.219. The Morgan fingerprint density at radius 3 is 2.27 bits per heavy atom. The van der Waals surface area contributed by atoms with Gasteiger partial charge >= 0.3 is 0 Å². The van der Waals surface area contributed by atoms with E-state index in [1.165, 1.54) is 5.56 Å². The van der Waals surface area contributed by atoms with Crippen molar-refractivity contribution >= 4 is 38.9 Å². The van der Waals surface area contributed by atoms with Gasteiger partial charge in [-0.3, -0.25) is 0 Å². The molecule has 2 aromatic carbocycles. The van der Waals surface area contributed by atoms with Crippen molar-refractivity contribution in [3.05, 3.63) is 64.6 Å². The van der Waals surface area contributed by atoms with E-state index in [9.17, 15) is 0 Å². The maximum absolute atomic E-state index is 5.46. The highest BCUT2D eigenvalue weighted by molar-refractivity contribution is 9.10. The number of hydrogen-bond donors (Lipinski definition) is 2. The second-order valence-electron chi connectivity index (χ2n) is 5.70. The van der Waals surface area contributed by atoms with E-state index >= 15 is 0 Å². The molecular formula is C18H21BrN2S. The maximum atomic E-state index is 5.46. The standard InChI is InChI=1S/C18H21BrN2S/c1-13(2)12-17(14-6-4-3-5-7-14)21-18(22)20-16-10-8-15(19)9-11-16/h3-11,13,17H,12H2,1-2H3,(H2,20,21,22)/t17-/m1/s1. The van der Waals surface area contributed by atoms with Gasteiger partial charge in [0, 0.05) is 10.2 Å². The van der Waals surface area contributed by atoms with Crippen LogP contribution in [0.25, 0.3) is 0 Å². The highest BCUT2D eigenvalue weighted by Crippen LogP contribution is 2.21. The highest BCUT2D eigenvalue weighted by atomic mass is 79.9. The van der Waals surface area contributed by atoms with E-state index in [-0.39, 0.29) is 6.04 Å². The number of hydrogen-bond acceptors (Lipinski definition) is 1. The van der Waals surface area contributed by atoms with Crippen LogP contribution in [-0.2, 0) is 0 Å². The summed E-state index contributed by atoms with van der Waals surface area (Å²) in [5.41, 5.74) is 2.24. The normalized spacial score (nSPS) is 12.0. The summed E-state index contributed by atoms with van der Waals surface area (Å²) in [6, 6.07) is 18.7. The van der Waals surface area contributed by atoms with Gasteiger partial charge in [0.25, 0.3) is 0 Å². The summed E-state index contributed by atoms with van der Waals surface area (Å²) >= 11 is 8.90. The van der Waals surface area contributed by atoms with Crippen molar-refractivity contribution in [1.29, 1.82) is 0 Å². The number of thiocarbonyl (C=S) groups is 1. The minimum atomic E-state index is 0.219. The molecule has 2 N–H and O–H groups in total. The molecule has 4 heteroatoms. The van der Waals surface area contributed by atoms with Crippen LogP contribution in [0.4, 0.5) is 5.69 Å². The Balaban J connectivity index is 2.03. The smallest absolute Gasteiger partial charge is 0.171 e. The SMILES string of the molecule is CC(C)C[C@@H](NC(=S)Nc1ccc(Br)cc1)c1ccccc1. The van der Waals surface area contributed by atoms with Crippen LogP contribution in [0.2, 0.25) is 0 Å². The molecule has 0 spiro atoms. The molecule has 0 fully saturated rings. The van der Waals surface area contributed by atoms with Crippen molar-refractivity contribution in [3.63, 3.8) is 0 Å². The Labute approximate surface area is 146 Å². The molecule has 0 heterocycles. The molecule has 0 amide bonds. The molecule has 116 valence electrons. The zero-order chi connectivity index (χ0) is 15.9. The van der Waals surface area contributed by atoms with E-state index in [1.54, 1.807) is 0 Å². The van der Waals surface area contributed by atoms with Crippen LogP contribution in [0.1, 0.15) is 31.9 Å². The third-order valence-electron chi connectivity index (χ3n) is 3.32. The Bertz CT molecular complexity index is 596. The molecule has 2 nitrogen and oxygen atoms in total. The van der Waals surface area contributed by atoms with Crippen LogP contribution >= 0.6 is 28.1 Å². The summed E-state index contributed by atoms with van der Waals surface area (Å²) in [4.78, 5) is 0. The summed E-state index contributed by atoms with van der Waals surface area (Å²) in [6.07, 6.45) is 1.03. The van der Waals surface area contributed by atoms with E-state index < -0.39 is 0 Å². The Kier molecular flexibility index (Phi) is 6.40. The molecule has 0 radical (unpaired) electrons. The van der Waals surface area contributed by atoms with Gasteiger partial charge in [-0.15, -0.1) is 0 Å². The monoisotopic (exact) mass is 376 g/mol. The fourth-order valence-electron chi connectivity index (χ4n) is 2.29. The lowest BCUT2D eigenvalue weighted by atomic mass is 9.97. The van der Waals surface area contributed by atoms with Gasteiger partial charge < -0.3 is 10.6 Å². The molecule has 0 bridgehead atoms. The van der Waals surface area contributed by atoms with Gasteiger partial charge in [-0.2, -0.15) is 0 Å². The lowest BCUT2D eigenvalue weighted by molar-refractivity contribution is 0.481. The molecule has 0 aliphatic heterocycles. The predicted octanol–water partition coefficient (Wildman–Crippen LogP) is 5.52. The van der Waals surface area contributed by atoms with Crippen molar-refractivity contribution in [3.8, 4) is 0 Å². The number of benzene rings is 2. The first-order valence-electron chi connectivity index (χ1n) is 7.42. The average molecular weight is 377 g/mol. The molecule has 0 aromatic heterocycles. The molecule has 0 aliphatic carbocycles. The van der Waals surface area contributed by atoms with Gasteiger partial charge in [0.05, 0.1) is 6.04 Å². The van der Waals surface area contributed by atoms with Crippen LogP contribution in [-0.4, -0.2) is 5.11 Å². The molecule has 0 saturated heterocycles. The Morgan fingerprint density at radius 1 is 1.05 bits per heavy atom. The number of rotatable bonds is 5. The molecular weight excluding hydrogens is 356 g/mol. The summed E-state index contributed by atoms with van der Waals surface area (Å²) in [5, 5.41) is 7.33. The number of anilines is 1. The van der Waals surface area contributed by atoms with Crippen molar-refractivity contribution in [2.24, 2.45) is 5.92 Å². The van der Waals surface area contributed by atoms with Crippen molar-refractivity contribution in [2.75, 3.05) is 5.32 Å². The van der Waals surface area contributed by atoms with E-state index in [2.05, 4.69) is 64.7 Å². The minimum Gasteiger partial charge on any atom is -0.356 e. The lowest BCUT2D eigenvalue weighted by Gasteiger charge is -2.23. The van der Waals surface area contributed by atoms with Crippen molar-refractivity contribution in [1.82, 2.24) is 5.32 Å². The van der Waals surface area contributed by atoms with E-state index in [0.29, 0.717) is 11.0 Å². The molecule has 0 saturated carbocycles. The second kappa shape index (κ2) is 8.30. The summed E-state index contributed by atoms with van der Waals surface area (Å²) < 4.78 is 1.05. The molecule has 1 atom stereocenters. The van der Waals surface area contributed by atoms with E-state index in [4.69, 9.17) is 12.2 Å². The maximum Gasteiger partial charge on any atom is 0.171 e. The van der Waals surface area contributed by atoms with Crippen molar-refractivity contribution in [2.45, 2.75) is 26.3 Å². The topological polar surface area (TPSA) is 24.1 Å². The molecule has 2 aromatic rings. The molecule has 0 unspecified atom stereocenters. The quantitative estimate of drug-likeness (QED) is 0.671. The molecule has 0 aliphatic rings. The number of nitrogens with one attached hydrogen (secondary N) is 2. The predicted molar refractivity (Wildman–Crippen MR) is 102 cm³/mol. The molecule has 22 heavy (non-hydrogen) atoms. The summed E-state index contributed by atoms with van der Waals surface area (Å²) in [6.45, 7) is 4.45. The third kappa shape index (κ3) is 5.43. The Hall–Kier alpha value is -1.39. The van der Waals surface area contributed by atoms with Crippen molar-refractivity contribution < 1.29 is 0 Å². The third-order valence-corrected chi connectivity index (χ3v) is 4.07. The zero-order valence-electron chi connectivity index (χ0n) is 12.8. The van der Waals surface area contributed by atoms with Gasteiger partial charge in [-0.25, -0.2) is 0 Å². The first kappa shape index (κ1) is 17.0. The van der Waals surface area contributed by atoms with Crippen LogP contribution in [0.3, 0.4) is 0 Å². The second-order valence-corrected chi connectivity index (χ2v) is 7.02. The van der Waals surface area contributed by atoms with E-state index in [1.807, 2.05) is 30.3 Å². The molecule has 2 rings (SSSR count). The van der Waals surface area contributed by atoms with Gasteiger partial charge in [0.2, 0.25) is 0 Å². The van der Waals surface area contributed by atoms with Gasteiger partial charge in [0.1, 0.15) is 0 Å². The fraction of sp³-hybridized carbons (Fsp3) is 0.278. The zero-order valence-corrected chi connectivity index (χ0v) is 15.2. The first-order valence-corrected chi connectivity index (χ1v) is 8.62. The summed E-state index contributed by atoms with van der Waals surface area (Å²) in [5.74, 6) is 0.591. The van der Waals surface area contributed by atoms with Crippen LogP contribution in [0.15, 0.2) is 59.1 Å².